The van der Waals surface area contributed by atoms with E-state index < -0.39 is 0 Å². The summed E-state index contributed by atoms with van der Waals surface area (Å²) in [4.78, 5) is 0. The molecule has 2 rings (SSSR count). The van der Waals surface area contributed by atoms with Crippen LogP contribution >= 0.6 is 0 Å². The minimum atomic E-state index is 0. The van der Waals surface area contributed by atoms with E-state index >= 15 is 0 Å². The Labute approximate surface area is 187 Å². The molecular weight excluding hydrogens is 426 g/mol. The molecule has 0 radical (unpaired) electrons. The molecule has 0 aliphatic carbocycles. The molecule has 0 amide bonds. The molecule has 140 valence electrons. The van der Waals surface area contributed by atoms with Crippen LogP contribution < -0.4 is 24.8 Å². The normalized spacial score (nSPS) is 9.36. The van der Waals surface area contributed by atoms with Gasteiger partial charge in [-0.1, -0.05) is 82.1 Å². The summed E-state index contributed by atoms with van der Waals surface area (Å²) in [6.07, 6.45) is 2.35. The smallest absolute Gasteiger partial charge is 1.00 e. The molecule has 0 aromatic heterocycles. The molecule has 0 bridgehead atoms. The second kappa shape index (κ2) is 12.5. The first-order valence-electron chi connectivity index (χ1n) is 8.62. The van der Waals surface area contributed by atoms with Crippen molar-refractivity contribution < 1.29 is 51.0 Å². The van der Waals surface area contributed by atoms with Gasteiger partial charge in [-0.15, -0.1) is 0 Å². The van der Waals surface area contributed by atoms with E-state index in [0.29, 0.717) is 0 Å². The zero-order chi connectivity index (χ0) is 17.2. The largest absolute Gasteiger partial charge is 4.00 e. The molecule has 0 nitrogen and oxygen atoms in total. The summed E-state index contributed by atoms with van der Waals surface area (Å²) in [6, 6.07) is 0. The molecule has 0 atom stereocenters. The summed E-state index contributed by atoms with van der Waals surface area (Å²) >= 11 is 0. The van der Waals surface area contributed by atoms with Crippen molar-refractivity contribution in [1.82, 2.24) is 0 Å². The second-order valence-electron chi connectivity index (χ2n) is 6.66. The van der Waals surface area contributed by atoms with Gasteiger partial charge in [0.15, 0.2) is 0 Å². The monoisotopic (exact) mass is 458 g/mol. The fourth-order valence-electron chi connectivity index (χ4n) is 3.65. The molecular formula is C22H34Cl2Zr. The minimum Gasteiger partial charge on any atom is -1.00 e. The van der Waals surface area contributed by atoms with E-state index in [1.165, 1.54) is 57.3 Å². The van der Waals surface area contributed by atoms with Crippen LogP contribution in [0, 0.1) is 55.4 Å². The number of halogens is 2. The number of hydrogen-bond donors (Lipinski definition) is 0. The molecule has 0 aliphatic heterocycles. The maximum absolute atomic E-state index is 2.23. The van der Waals surface area contributed by atoms with Crippen LogP contribution in [0.2, 0.25) is 0 Å². The third kappa shape index (κ3) is 6.09. The van der Waals surface area contributed by atoms with Crippen molar-refractivity contribution in [3.63, 3.8) is 0 Å². The van der Waals surface area contributed by atoms with Gasteiger partial charge in [0, 0.05) is 0 Å². The molecule has 3 heteroatoms. The molecule has 25 heavy (non-hydrogen) atoms. The standard InChI is InChI=1S/2C11H17.2ClH.Zr/c2*1-6-11-9(4)7(2)8(3)10(11)5;;;/h2*6H2,1-5H3;2*1H;/q2*-1;;;+4/p-2. The minimum absolute atomic E-state index is 0. The van der Waals surface area contributed by atoms with Gasteiger partial charge in [0.05, 0.1) is 0 Å². The summed E-state index contributed by atoms with van der Waals surface area (Å²) in [5.41, 5.74) is 15.1. The van der Waals surface area contributed by atoms with Gasteiger partial charge in [0.1, 0.15) is 0 Å². The maximum atomic E-state index is 2.23. The summed E-state index contributed by atoms with van der Waals surface area (Å²) in [6.45, 7) is 22.3. The number of hydrogen-bond acceptors (Lipinski definition) is 0. The van der Waals surface area contributed by atoms with Gasteiger partial charge in [0.25, 0.3) is 0 Å². The third-order valence-electron chi connectivity index (χ3n) is 5.89. The molecule has 0 heterocycles. The van der Waals surface area contributed by atoms with Crippen molar-refractivity contribution in [1.29, 1.82) is 0 Å². The van der Waals surface area contributed by atoms with E-state index in [4.69, 9.17) is 0 Å². The first-order valence-corrected chi connectivity index (χ1v) is 8.62. The van der Waals surface area contributed by atoms with Crippen molar-refractivity contribution in [3.8, 4) is 0 Å². The van der Waals surface area contributed by atoms with Crippen molar-refractivity contribution >= 4 is 0 Å². The Morgan fingerprint density at radius 3 is 0.880 bits per heavy atom. The van der Waals surface area contributed by atoms with E-state index in [-0.39, 0.29) is 51.0 Å². The molecule has 0 spiro atoms. The summed E-state index contributed by atoms with van der Waals surface area (Å²) in [5.74, 6) is 0. The van der Waals surface area contributed by atoms with Crippen molar-refractivity contribution in [2.24, 2.45) is 0 Å². The summed E-state index contributed by atoms with van der Waals surface area (Å²) < 4.78 is 0. The Bertz CT molecular complexity index is 551. The topological polar surface area (TPSA) is 0 Å². The molecule has 0 fully saturated rings. The summed E-state index contributed by atoms with van der Waals surface area (Å²) in [7, 11) is 0. The first-order chi connectivity index (χ1) is 10.2. The average molecular weight is 461 g/mol. The van der Waals surface area contributed by atoms with Gasteiger partial charge in [0.2, 0.25) is 0 Å². The molecule has 0 N–H and O–H groups in total. The zero-order valence-corrected chi connectivity index (χ0v) is 21.6. The first kappa shape index (κ1) is 29.9. The Balaban J connectivity index is -0.000000346. The maximum Gasteiger partial charge on any atom is 4.00 e. The van der Waals surface area contributed by atoms with Gasteiger partial charge in [-0.2, -0.15) is 55.6 Å². The van der Waals surface area contributed by atoms with Crippen molar-refractivity contribution in [2.75, 3.05) is 0 Å². The van der Waals surface area contributed by atoms with Crippen LogP contribution in [-0.2, 0) is 39.0 Å². The SMILES string of the molecule is CCc1c(C)c(C)c(C)[c-]1C.CCc1c(C)c(C)c(C)[c-]1C.[Cl-].[Cl-].[Zr+4]. The average Bonchev–Trinajstić information content (AvgIpc) is 2.81. The van der Waals surface area contributed by atoms with E-state index in [9.17, 15) is 0 Å². The van der Waals surface area contributed by atoms with Gasteiger partial charge in [-0.3, -0.25) is 0 Å². The fourth-order valence-corrected chi connectivity index (χ4v) is 3.65. The predicted molar refractivity (Wildman–Crippen MR) is 101 cm³/mol. The van der Waals surface area contributed by atoms with Gasteiger partial charge < -0.3 is 24.8 Å². The Morgan fingerprint density at radius 1 is 0.560 bits per heavy atom. The second-order valence-corrected chi connectivity index (χ2v) is 6.66. The van der Waals surface area contributed by atoms with E-state index in [1.54, 1.807) is 11.1 Å². The van der Waals surface area contributed by atoms with Crippen LogP contribution in [0.4, 0.5) is 0 Å². The van der Waals surface area contributed by atoms with E-state index in [1.807, 2.05) is 0 Å². The summed E-state index contributed by atoms with van der Waals surface area (Å²) in [5, 5.41) is 0. The van der Waals surface area contributed by atoms with Crippen LogP contribution in [0.1, 0.15) is 69.5 Å². The van der Waals surface area contributed by atoms with Crippen LogP contribution in [0.15, 0.2) is 0 Å². The Kier molecular flexibility index (Phi) is 15.0. The third-order valence-corrected chi connectivity index (χ3v) is 5.89. The van der Waals surface area contributed by atoms with E-state index in [0.717, 1.165) is 0 Å². The van der Waals surface area contributed by atoms with Crippen molar-refractivity contribution in [2.45, 2.75) is 82.1 Å². The molecule has 2 aromatic carbocycles. The molecule has 0 unspecified atom stereocenters. The van der Waals surface area contributed by atoms with Gasteiger partial charge >= 0.3 is 26.2 Å². The Morgan fingerprint density at radius 2 is 0.800 bits per heavy atom. The van der Waals surface area contributed by atoms with Crippen LogP contribution in [-0.4, -0.2) is 0 Å². The quantitative estimate of drug-likeness (QED) is 0.570. The number of rotatable bonds is 2. The van der Waals surface area contributed by atoms with Crippen LogP contribution in [0.3, 0.4) is 0 Å². The van der Waals surface area contributed by atoms with Crippen LogP contribution in [0.25, 0.3) is 0 Å². The zero-order valence-electron chi connectivity index (χ0n) is 17.7. The van der Waals surface area contributed by atoms with Crippen LogP contribution in [0.5, 0.6) is 0 Å². The fraction of sp³-hybridized carbons (Fsp3) is 0.545. The Hall–Kier alpha value is 0.163. The molecule has 0 aliphatic rings. The molecule has 0 saturated carbocycles. The molecule has 0 saturated heterocycles. The van der Waals surface area contributed by atoms with Crippen molar-refractivity contribution in [3.05, 3.63) is 55.6 Å². The van der Waals surface area contributed by atoms with Gasteiger partial charge in [-0.05, 0) is 0 Å². The molecule has 2 aromatic rings. The van der Waals surface area contributed by atoms with Gasteiger partial charge in [-0.25, -0.2) is 0 Å². The van der Waals surface area contributed by atoms with E-state index in [2.05, 4.69) is 69.2 Å². The predicted octanol–water partition coefficient (Wildman–Crippen LogP) is 0.409.